The summed E-state index contributed by atoms with van der Waals surface area (Å²) in [7, 11) is 0. The maximum absolute atomic E-state index is 13.7. The molecule has 1 amide bonds. The van der Waals surface area contributed by atoms with Crippen LogP contribution in [0.5, 0.6) is 0 Å². The molecule has 0 spiro atoms. The molecule has 2 saturated heterocycles. The van der Waals surface area contributed by atoms with Gasteiger partial charge < -0.3 is 14.7 Å². The summed E-state index contributed by atoms with van der Waals surface area (Å²) in [6.07, 6.45) is 0.605. The molecule has 1 aromatic carbocycles. The third-order valence-electron chi connectivity index (χ3n) is 4.61. The molecule has 1 aromatic rings. The number of β-amino-alcohol motifs (C(OH)–C–C–N with tert-alkyl or cyclic N) is 1. The van der Waals surface area contributed by atoms with E-state index in [1.165, 1.54) is 6.07 Å². The van der Waals surface area contributed by atoms with Gasteiger partial charge in [0.1, 0.15) is 5.82 Å². The molecule has 0 aromatic heterocycles. The van der Waals surface area contributed by atoms with Crippen LogP contribution >= 0.6 is 0 Å². The molecule has 2 aliphatic heterocycles. The maximum atomic E-state index is 13.7. The Labute approximate surface area is 135 Å². The van der Waals surface area contributed by atoms with E-state index < -0.39 is 5.60 Å². The molecule has 0 bridgehead atoms. The van der Waals surface area contributed by atoms with Gasteiger partial charge in [-0.15, -0.1) is 0 Å². The Morgan fingerprint density at radius 2 is 2.00 bits per heavy atom. The summed E-state index contributed by atoms with van der Waals surface area (Å²) in [5.74, 6) is -0.489. The van der Waals surface area contributed by atoms with Crippen LogP contribution in [0, 0.1) is 5.82 Å². The largest absolute Gasteiger partial charge is 0.387 e. The van der Waals surface area contributed by atoms with Crippen LogP contribution in [-0.2, 0) is 16.0 Å². The van der Waals surface area contributed by atoms with E-state index in [1.807, 2.05) is 0 Å². The van der Waals surface area contributed by atoms with Gasteiger partial charge in [0.05, 0.1) is 31.8 Å². The van der Waals surface area contributed by atoms with Gasteiger partial charge in [-0.1, -0.05) is 18.2 Å². The highest BCUT2D eigenvalue weighted by atomic mass is 19.1. The Balaban J connectivity index is 1.56. The van der Waals surface area contributed by atoms with Crippen molar-refractivity contribution in [3.05, 3.63) is 35.6 Å². The number of amides is 1. The van der Waals surface area contributed by atoms with E-state index in [-0.39, 0.29) is 18.1 Å². The Morgan fingerprint density at radius 1 is 1.26 bits per heavy atom. The van der Waals surface area contributed by atoms with Crippen LogP contribution in [0.25, 0.3) is 0 Å². The zero-order valence-electron chi connectivity index (χ0n) is 13.2. The highest BCUT2D eigenvalue weighted by Crippen LogP contribution is 2.24. The minimum atomic E-state index is -0.873. The molecule has 2 heterocycles. The molecule has 1 atom stereocenters. The number of likely N-dealkylation sites (tertiary alicyclic amines) is 1. The van der Waals surface area contributed by atoms with Gasteiger partial charge in [0.25, 0.3) is 0 Å². The van der Waals surface area contributed by atoms with Crippen LogP contribution < -0.4 is 0 Å². The fourth-order valence-corrected chi connectivity index (χ4v) is 3.29. The summed E-state index contributed by atoms with van der Waals surface area (Å²) >= 11 is 0. The lowest BCUT2D eigenvalue weighted by atomic mass is 10.0. The average Bonchev–Trinajstić information content (AvgIpc) is 2.93. The number of hydrogen-bond acceptors (Lipinski definition) is 4. The molecule has 0 radical (unpaired) electrons. The molecule has 3 rings (SSSR count). The van der Waals surface area contributed by atoms with E-state index >= 15 is 0 Å². The highest BCUT2D eigenvalue weighted by Gasteiger charge is 2.39. The summed E-state index contributed by atoms with van der Waals surface area (Å²) in [4.78, 5) is 16.2. The van der Waals surface area contributed by atoms with E-state index in [2.05, 4.69) is 4.90 Å². The van der Waals surface area contributed by atoms with Gasteiger partial charge >= 0.3 is 0 Å². The number of morpholine rings is 1. The van der Waals surface area contributed by atoms with Crippen molar-refractivity contribution in [3.63, 3.8) is 0 Å². The first-order chi connectivity index (χ1) is 11.1. The lowest BCUT2D eigenvalue weighted by Gasteiger charge is -2.33. The van der Waals surface area contributed by atoms with Gasteiger partial charge in [-0.2, -0.15) is 0 Å². The summed E-state index contributed by atoms with van der Waals surface area (Å²) in [6, 6.07) is 6.33. The van der Waals surface area contributed by atoms with Crippen molar-refractivity contribution in [2.24, 2.45) is 0 Å². The number of ether oxygens (including phenoxy) is 1. The summed E-state index contributed by atoms with van der Waals surface area (Å²) < 4.78 is 19.0. The molecule has 0 aliphatic carbocycles. The van der Waals surface area contributed by atoms with Gasteiger partial charge in [-0.3, -0.25) is 9.69 Å². The molecule has 5 nitrogen and oxygen atoms in total. The number of rotatable bonds is 4. The van der Waals surface area contributed by atoms with Crippen LogP contribution in [0.2, 0.25) is 0 Å². The second kappa shape index (κ2) is 6.95. The molecule has 126 valence electrons. The van der Waals surface area contributed by atoms with Crippen LogP contribution in [0.4, 0.5) is 4.39 Å². The second-order valence-electron chi connectivity index (χ2n) is 6.45. The number of carbonyl (C=O) groups is 1. The zero-order chi connectivity index (χ0) is 16.3. The number of hydrogen-bond donors (Lipinski definition) is 1. The standard InChI is InChI=1S/C17H23FN2O3/c18-15-4-2-1-3-14(15)11-16(21)20-6-5-17(22,13-20)12-19-7-9-23-10-8-19/h1-4,22H,5-13H2/t17-/m0/s1. The number of benzene rings is 1. The third-order valence-corrected chi connectivity index (χ3v) is 4.61. The zero-order valence-corrected chi connectivity index (χ0v) is 13.2. The normalized spacial score (nSPS) is 25.7. The van der Waals surface area contributed by atoms with Crippen LogP contribution in [0.15, 0.2) is 24.3 Å². The Hall–Kier alpha value is -1.50. The monoisotopic (exact) mass is 322 g/mol. The second-order valence-corrected chi connectivity index (χ2v) is 6.45. The molecular formula is C17H23FN2O3. The lowest BCUT2D eigenvalue weighted by Crippen LogP contribution is -2.49. The van der Waals surface area contributed by atoms with E-state index in [9.17, 15) is 14.3 Å². The quantitative estimate of drug-likeness (QED) is 0.885. The summed E-state index contributed by atoms with van der Waals surface area (Å²) in [6.45, 7) is 4.39. The number of aliphatic hydroxyl groups is 1. The molecule has 1 N–H and O–H groups in total. The first-order valence-electron chi connectivity index (χ1n) is 8.09. The Kier molecular flexibility index (Phi) is 4.94. The highest BCUT2D eigenvalue weighted by molar-refractivity contribution is 5.79. The minimum absolute atomic E-state index is 0.0420. The van der Waals surface area contributed by atoms with Gasteiger partial charge in [0.15, 0.2) is 0 Å². The van der Waals surface area contributed by atoms with Gasteiger partial charge in [-0.05, 0) is 18.1 Å². The number of halogens is 1. The lowest BCUT2D eigenvalue weighted by molar-refractivity contribution is -0.130. The first-order valence-corrected chi connectivity index (χ1v) is 8.09. The predicted octanol–water partition coefficient (Wildman–Crippen LogP) is 0.664. The molecule has 0 saturated carbocycles. The van der Waals surface area contributed by atoms with Crippen LogP contribution in [0.1, 0.15) is 12.0 Å². The smallest absolute Gasteiger partial charge is 0.227 e. The van der Waals surface area contributed by atoms with Gasteiger partial charge in [-0.25, -0.2) is 4.39 Å². The predicted molar refractivity (Wildman–Crippen MR) is 83.5 cm³/mol. The van der Waals surface area contributed by atoms with Crippen molar-refractivity contribution in [3.8, 4) is 0 Å². The van der Waals surface area contributed by atoms with Crippen LogP contribution in [0.3, 0.4) is 0 Å². The van der Waals surface area contributed by atoms with Crippen molar-refractivity contribution in [1.82, 2.24) is 9.80 Å². The summed E-state index contributed by atoms with van der Waals surface area (Å²) in [5, 5.41) is 10.7. The number of carbonyl (C=O) groups excluding carboxylic acids is 1. The molecule has 23 heavy (non-hydrogen) atoms. The van der Waals surface area contributed by atoms with Crippen molar-refractivity contribution in [2.75, 3.05) is 45.9 Å². The van der Waals surface area contributed by atoms with Gasteiger partial charge in [0.2, 0.25) is 5.91 Å². The van der Waals surface area contributed by atoms with E-state index in [1.54, 1.807) is 23.1 Å². The fraction of sp³-hybridized carbons (Fsp3) is 0.588. The molecule has 6 heteroatoms. The van der Waals surface area contributed by atoms with Crippen molar-refractivity contribution >= 4 is 5.91 Å². The SMILES string of the molecule is O=C(Cc1ccccc1F)N1CC[C@](O)(CN2CCOCC2)C1. The van der Waals surface area contributed by atoms with Crippen molar-refractivity contribution in [1.29, 1.82) is 0 Å². The summed E-state index contributed by atoms with van der Waals surface area (Å²) in [5.41, 5.74) is -0.469. The molecular weight excluding hydrogens is 299 g/mol. The van der Waals surface area contributed by atoms with Crippen LogP contribution in [-0.4, -0.2) is 72.4 Å². The first kappa shape index (κ1) is 16.4. The van der Waals surface area contributed by atoms with E-state index in [4.69, 9.17) is 4.74 Å². The maximum Gasteiger partial charge on any atom is 0.227 e. The fourth-order valence-electron chi connectivity index (χ4n) is 3.29. The Morgan fingerprint density at radius 3 is 2.74 bits per heavy atom. The Bertz CT molecular complexity index is 563. The van der Waals surface area contributed by atoms with Crippen molar-refractivity contribution in [2.45, 2.75) is 18.4 Å². The van der Waals surface area contributed by atoms with E-state index in [0.29, 0.717) is 44.8 Å². The number of nitrogens with zero attached hydrogens (tertiary/aromatic N) is 2. The van der Waals surface area contributed by atoms with Crippen molar-refractivity contribution < 1.29 is 19.0 Å². The average molecular weight is 322 g/mol. The minimum Gasteiger partial charge on any atom is -0.387 e. The van der Waals surface area contributed by atoms with E-state index in [0.717, 1.165) is 13.1 Å². The third kappa shape index (κ3) is 4.07. The molecule has 2 fully saturated rings. The molecule has 0 unspecified atom stereocenters. The van der Waals surface area contributed by atoms with Gasteiger partial charge in [0, 0.05) is 26.2 Å². The molecule has 2 aliphatic rings. The topological polar surface area (TPSA) is 53.0 Å².